The summed E-state index contributed by atoms with van der Waals surface area (Å²) in [7, 11) is 0. The molecule has 0 aliphatic carbocycles. The van der Waals surface area contributed by atoms with Gasteiger partial charge in [0.1, 0.15) is 0 Å². The molecule has 27 heavy (non-hydrogen) atoms. The second-order valence-electron chi connectivity index (χ2n) is 7.89. The number of morpholine rings is 1. The molecule has 2 atom stereocenters. The van der Waals surface area contributed by atoms with Crippen molar-refractivity contribution in [1.29, 1.82) is 0 Å². The number of nitrogens with one attached hydrogen (secondary N) is 2. The fourth-order valence-corrected chi connectivity index (χ4v) is 3.69. The highest BCUT2D eigenvalue weighted by atomic mass is 127. The van der Waals surface area contributed by atoms with E-state index in [1.807, 2.05) is 6.92 Å². The van der Waals surface area contributed by atoms with Crippen LogP contribution in [0.2, 0.25) is 0 Å². The molecule has 2 aliphatic rings. The lowest BCUT2D eigenvalue weighted by Crippen LogP contribution is -2.48. The predicted octanol–water partition coefficient (Wildman–Crippen LogP) is 1.12. The lowest BCUT2D eigenvalue weighted by atomic mass is 10.0. The van der Waals surface area contributed by atoms with Crippen molar-refractivity contribution >= 4 is 29.9 Å². The van der Waals surface area contributed by atoms with E-state index in [1.165, 1.54) is 25.8 Å². The Morgan fingerprint density at radius 3 is 2.63 bits per heavy atom. The van der Waals surface area contributed by atoms with Crippen LogP contribution in [0.15, 0.2) is 4.99 Å². The van der Waals surface area contributed by atoms with Crippen molar-refractivity contribution in [3.8, 4) is 0 Å². The quantitative estimate of drug-likeness (QED) is 0.265. The Kier molecular flexibility index (Phi) is 12.1. The van der Waals surface area contributed by atoms with Gasteiger partial charge in [0.05, 0.1) is 25.4 Å². The third kappa shape index (κ3) is 9.74. The first kappa shape index (κ1) is 24.9. The van der Waals surface area contributed by atoms with Gasteiger partial charge in [0.25, 0.3) is 0 Å². The second-order valence-corrected chi connectivity index (χ2v) is 7.89. The van der Waals surface area contributed by atoms with Crippen LogP contribution < -0.4 is 10.6 Å². The second kappa shape index (κ2) is 13.1. The minimum atomic E-state index is -0.832. The summed E-state index contributed by atoms with van der Waals surface area (Å²) in [6.45, 7) is 14.5. The number of hydrogen-bond donors (Lipinski definition) is 3. The molecule has 0 saturated carbocycles. The molecule has 0 radical (unpaired) electrons. The van der Waals surface area contributed by atoms with Gasteiger partial charge in [0.15, 0.2) is 5.96 Å². The van der Waals surface area contributed by atoms with E-state index in [1.54, 1.807) is 0 Å². The number of aliphatic hydroxyl groups is 1. The van der Waals surface area contributed by atoms with E-state index >= 15 is 0 Å². The highest BCUT2D eigenvalue weighted by Gasteiger charge is 2.25. The number of aliphatic imine (C=N–C) groups is 1. The predicted molar refractivity (Wildman–Crippen MR) is 122 cm³/mol. The Bertz CT molecular complexity index is 430. The maximum atomic E-state index is 10.7. The minimum Gasteiger partial charge on any atom is -0.387 e. The van der Waals surface area contributed by atoms with Gasteiger partial charge in [-0.15, -0.1) is 24.0 Å². The first-order valence-electron chi connectivity index (χ1n) is 10.3. The zero-order valence-corrected chi connectivity index (χ0v) is 19.7. The normalized spacial score (nSPS) is 24.7. The maximum absolute atomic E-state index is 10.7. The summed E-state index contributed by atoms with van der Waals surface area (Å²) in [5.41, 5.74) is -0.832. The van der Waals surface area contributed by atoms with Crippen LogP contribution in [0.25, 0.3) is 0 Å². The number of piperidine rings is 1. The van der Waals surface area contributed by atoms with Crippen molar-refractivity contribution < 1.29 is 9.84 Å². The molecule has 2 heterocycles. The van der Waals surface area contributed by atoms with E-state index in [2.05, 4.69) is 39.3 Å². The van der Waals surface area contributed by atoms with Gasteiger partial charge < -0.3 is 20.5 Å². The van der Waals surface area contributed by atoms with Crippen molar-refractivity contribution in [2.45, 2.75) is 51.7 Å². The van der Waals surface area contributed by atoms with Crippen LogP contribution in [-0.2, 0) is 4.74 Å². The van der Waals surface area contributed by atoms with Gasteiger partial charge in [-0.1, -0.05) is 6.42 Å². The number of likely N-dealkylation sites (tertiary alicyclic amines) is 1. The van der Waals surface area contributed by atoms with Gasteiger partial charge in [-0.05, 0) is 40.2 Å². The molecule has 0 amide bonds. The first-order valence-corrected chi connectivity index (χ1v) is 10.3. The highest BCUT2D eigenvalue weighted by Crippen LogP contribution is 2.15. The van der Waals surface area contributed by atoms with Crippen LogP contribution in [-0.4, -0.2) is 98.1 Å². The number of halogens is 1. The Labute approximate surface area is 182 Å². The lowest BCUT2D eigenvalue weighted by molar-refractivity contribution is -0.0180. The van der Waals surface area contributed by atoms with E-state index < -0.39 is 5.60 Å². The lowest BCUT2D eigenvalue weighted by Gasteiger charge is -2.33. The molecule has 160 valence electrons. The zero-order valence-electron chi connectivity index (χ0n) is 17.4. The average Bonchev–Trinajstić information content (AvgIpc) is 2.62. The molecule has 0 aromatic carbocycles. The van der Waals surface area contributed by atoms with E-state index in [9.17, 15) is 5.11 Å². The smallest absolute Gasteiger partial charge is 0.191 e. The molecule has 0 bridgehead atoms. The standard InChI is InChI=1S/C19H39N5O2.HI/c1-4-20-18(21-8-10-24-9-6-5-7-17(24)2)22-15-19(3,25)16-23-11-13-26-14-12-23;/h17,25H,4-16H2,1-3H3,(H2,20,21,22);1H. The van der Waals surface area contributed by atoms with Gasteiger partial charge in [0.2, 0.25) is 0 Å². The number of ether oxygens (including phenoxy) is 1. The monoisotopic (exact) mass is 497 g/mol. The van der Waals surface area contributed by atoms with Gasteiger partial charge in [-0.25, -0.2) is 0 Å². The van der Waals surface area contributed by atoms with Crippen molar-refractivity contribution in [1.82, 2.24) is 20.4 Å². The summed E-state index contributed by atoms with van der Waals surface area (Å²) < 4.78 is 5.37. The van der Waals surface area contributed by atoms with Gasteiger partial charge in [0, 0.05) is 45.3 Å². The summed E-state index contributed by atoms with van der Waals surface area (Å²) >= 11 is 0. The molecule has 2 fully saturated rings. The largest absolute Gasteiger partial charge is 0.387 e. The van der Waals surface area contributed by atoms with Gasteiger partial charge in [-0.2, -0.15) is 0 Å². The van der Waals surface area contributed by atoms with E-state index in [4.69, 9.17) is 4.74 Å². The molecular formula is C19H40IN5O2. The van der Waals surface area contributed by atoms with E-state index in [-0.39, 0.29) is 24.0 Å². The SMILES string of the molecule is CCNC(=NCC(C)(O)CN1CCOCC1)NCCN1CCCCC1C.I. The zero-order chi connectivity index (χ0) is 18.8. The van der Waals surface area contributed by atoms with Crippen molar-refractivity contribution in [2.75, 3.05) is 65.6 Å². The summed E-state index contributed by atoms with van der Waals surface area (Å²) in [5.74, 6) is 0.791. The summed E-state index contributed by atoms with van der Waals surface area (Å²) in [4.78, 5) is 9.42. The van der Waals surface area contributed by atoms with E-state index in [0.717, 1.165) is 51.9 Å². The molecule has 2 unspecified atom stereocenters. The number of β-amino-alcohol motifs (C(OH)–C–C–N with tert-alkyl or cyclic N) is 1. The van der Waals surface area contributed by atoms with Crippen LogP contribution >= 0.6 is 24.0 Å². The number of guanidine groups is 1. The van der Waals surface area contributed by atoms with Crippen LogP contribution in [0.1, 0.15) is 40.0 Å². The third-order valence-electron chi connectivity index (χ3n) is 5.22. The van der Waals surface area contributed by atoms with Crippen LogP contribution in [0.5, 0.6) is 0 Å². The molecule has 0 aromatic heterocycles. The Morgan fingerprint density at radius 1 is 1.22 bits per heavy atom. The number of hydrogen-bond acceptors (Lipinski definition) is 5. The van der Waals surface area contributed by atoms with Crippen LogP contribution in [0.3, 0.4) is 0 Å². The molecule has 0 spiro atoms. The fourth-order valence-electron chi connectivity index (χ4n) is 3.69. The Hall–Kier alpha value is -0.160. The molecule has 0 aromatic rings. The molecule has 3 N–H and O–H groups in total. The van der Waals surface area contributed by atoms with E-state index in [0.29, 0.717) is 19.1 Å². The Balaban J connectivity index is 0.00000364. The van der Waals surface area contributed by atoms with Gasteiger partial charge >= 0.3 is 0 Å². The topological polar surface area (TPSA) is 72.4 Å². The van der Waals surface area contributed by atoms with Crippen LogP contribution in [0.4, 0.5) is 0 Å². The summed E-state index contributed by atoms with van der Waals surface area (Å²) in [5, 5.41) is 17.4. The molecule has 2 rings (SSSR count). The van der Waals surface area contributed by atoms with Gasteiger partial charge in [-0.3, -0.25) is 14.8 Å². The minimum absolute atomic E-state index is 0. The molecular weight excluding hydrogens is 457 g/mol. The summed E-state index contributed by atoms with van der Waals surface area (Å²) in [6.07, 6.45) is 3.97. The molecule has 7 nitrogen and oxygen atoms in total. The fraction of sp³-hybridized carbons (Fsp3) is 0.947. The maximum Gasteiger partial charge on any atom is 0.191 e. The van der Waals surface area contributed by atoms with Crippen LogP contribution in [0, 0.1) is 0 Å². The van der Waals surface area contributed by atoms with Crippen molar-refractivity contribution in [3.63, 3.8) is 0 Å². The number of rotatable bonds is 8. The number of nitrogens with zero attached hydrogens (tertiary/aromatic N) is 3. The summed E-state index contributed by atoms with van der Waals surface area (Å²) in [6, 6.07) is 0.680. The van der Waals surface area contributed by atoms with Crippen molar-refractivity contribution in [2.24, 2.45) is 4.99 Å². The molecule has 2 aliphatic heterocycles. The third-order valence-corrected chi connectivity index (χ3v) is 5.22. The average molecular weight is 497 g/mol. The molecule has 8 heteroatoms. The Morgan fingerprint density at radius 2 is 1.96 bits per heavy atom. The highest BCUT2D eigenvalue weighted by molar-refractivity contribution is 14.0. The first-order chi connectivity index (χ1) is 12.5. The molecule has 2 saturated heterocycles. The van der Waals surface area contributed by atoms with Crippen molar-refractivity contribution in [3.05, 3.63) is 0 Å².